The van der Waals surface area contributed by atoms with Crippen LogP contribution in [-0.2, 0) is 5.33 Å². The zero-order valence-electron chi connectivity index (χ0n) is 7.60. The molecule has 1 aromatic carbocycles. The fourth-order valence-corrected chi connectivity index (χ4v) is 1.89. The molecule has 15 heavy (non-hydrogen) atoms. The van der Waals surface area contributed by atoms with E-state index in [0.29, 0.717) is 21.9 Å². The van der Waals surface area contributed by atoms with Crippen LogP contribution in [0.25, 0.3) is 11.0 Å². The molecular weight excluding hydrogens is 268 g/mol. The topological polar surface area (TPSA) is 54.7 Å². The molecule has 3 N–H and O–H groups in total. The summed E-state index contributed by atoms with van der Waals surface area (Å²) in [6.45, 7) is 0. The lowest BCUT2D eigenvalue weighted by molar-refractivity contribution is 0.151. The summed E-state index contributed by atoms with van der Waals surface area (Å²) in [6, 6.07) is 2.80. The Hall–Kier alpha value is -1.17. The monoisotopic (exact) mass is 275 g/mol. The minimum atomic E-state index is -2.49. The molecule has 0 aliphatic rings. The molecule has 0 aliphatic heterocycles. The Balaban J connectivity index is 2.70. The summed E-state index contributed by atoms with van der Waals surface area (Å²) in [5, 5.41) is 0.467. The Morgan fingerprint density at radius 1 is 1.47 bits per heavy atom. The molecule has 2 rings (SSSR count). The van der Waals surface area contributed by atoms with Crippen molar-refractivity contribution in [2.75, 3.05) is 5.73 Å². The maximum absolute atomic E-state index is 12.5. The van der Waals surface area contributed by atoms with Crippen LogP contribution in [0.1, 0.15) is 17.6 Å². The summed E-state index contributed by atoms with van der Waals surface area (Å²) in [6.07, 6.45) is -2.49. The molecule has 6 heteroatoms. The van der Waals surface area contributed by atoms with Gasteiger partial charge in [-0.2, -0.15) is 0 Å². The lowest BCUT2D eigenvalue weighted by Gasteiger charge is -2.03. The summed E-state index contributed by atoms with van der Waals surface area (Å²) < 4.78 is 25.1. The number of aromatic amines is 1. The van der Waals surface area contributed by atoms with Crippen molar-refractivity contribution in [1.82, 2.24) is 9.97 Å². The van der Waals surface area contributed by atoms with Gasteiger partial charge in [0.25, 0.3) is 6.43 Å². The third kappa shape index (κ3) is 1.81. The van der Waals surface area contributed by atoms with E-state index in [4.69, 9.17) is 5.73 Å². The molecule has 0 radical (unpaired) electrons. The number of rotatable bonds is 2. The highest BCUT2D eigenvalue weighted by Gasteiger charge is 2.13. The van der Waals surface area contributed by atoms with E-state index < -0.39 is 6.43 Å². The summed E-state index contributed by atoms with van der Waals surface area (Å²) in [5.74, 6) is 0.235. The summed E-state index contributed by atoms with van der Waals surface area (Å²) in [7, 11) is 0. The number of nitrogens with zero attached hydrogens (tertiary/aromatic N) is 1. The van der Waals surface area contributed by atoms with E-state index in [9.17, 15) is 8.78 Å². The standard InChI is InChI=1S/C9H8BrF2N3/c10-3-5-1-4(8(11)12)2-6-7(5)15-9(13)14-6/h1-2,8H,3H2,(H3,13,14,15). The van der Waals surface area contributed by atoms with Crippen LogP contribution in [0.5, 0.6) is 0 Å². The first-order chi connectivity index (χ1) is 7.11. The number of hydrogen-bond acceptors (Lipinski definition) is 2. The number of anilines is 1. The van der Waals surface area contributed by atoms with Crippen molar-refractivity contribution in [3.8, 4) is 0 Å². The van der Waals surface area contributed by atoms with Crippen LogP contribution in [0, 0.1) is 0 Å². The number of nitrogen functional groups attached to an aromatic ring is 1. The van der Waals surface area contributed by atoms with Gasteiger partial charge in [0.15, 0.2) is 5.95 Å². The van der Waals surface area contributed by atoms with Gasteiger partial charge in [0, 0.05) is 10.9 Å². The third-order valence-corrected chi connectivity index (χ3v) is 2.71. The number of nitrogens with one attached hydrogen (secondary N) is 1. The van der Waals surface area contributed by atoms with Gasteiger partial charge >= 0.3 is 0 Å². The lowest BCUT2D eigenvalue weighted by Crippen LogP contribution is -1.89. The fourth-order valence-electron chi connectivity index (χ4n) is 1.46. The second kappa shape index (κ2) is 3.77. The largest absolute Gasteiger partial charge is 0.369 e. The molecule has 80 valence electrons. The molecule has 0 atom stereocenters. The molecule has 0 aliphatic carbocycles. The van der Waals surface area contributed by atoms with Gasteiger partial charge in [-0.15, -0.1) is 0 Å². The third-order valence-electron chi connectivity index (χ3n) is 2.10. The zero-order valence-corrected chi connectivity index (χ0v) is 9.18. The van der Waals surface area contributed by atoms with Gasteiger partial charge < -0.3 is 10.7 Å². The smallest absolute Gasteiger partial charge is 0.263 e. The van der Waals surface area contributed by atoms with Gasteiger partial charge in [0.05, 0.1) is 11.0 Å². The molecule has 0 fully saturated rings. The van der Waals surface area contributed by atoms with E-state index in [2.05, 4.69) is 25.9 Å². The van der Waals surface area contributed by atoms with Crippen LogP contribution in [0.3, 0.4) is 0 Å². The van der Waals surface area contributed by atoms with Crippen molar-refractivity contribution in [2.24, 2.45) is 0 Å². The fraction of sp³-hybridized carbons (Fsp3) is 0.222. The number of H-pyrrole nitrogens is 1. The summed E-state index contributed by atoms with van der Waals surface area (Å²) in [5.41, 5.74) is 7.32. The van der Waals surface area contributed by atoms with Gasteiger partial charge in [-0.25, -0.2) is 13.8 Å². The highest BCUT2D eigenvalue weighted by molar-refractivity contribution is 9.08. The van der Waals surface area contributed by atoms with Gasteiger partial charge in [-0.05, 0) is 17.7 Å². The Morgan fingerprint density at radius 3 is 2.80 bits per heavy atom. The SMILES string of the molecule is Nc1nc2c(CBr)cc(C(F)F)cc2[nH]1. The number of aromatic nitrogens is 2. The number of fused-ring (bicyclic) bond motifs is 1. The first-order valence-corrected chi connectivity index (χ1v) is 5.36. The zero-order chi connectivity index (χ0) is 11.0. The van der Waals surface area contributed by atoms with Gasteiger partial charge in [-0.1, -0.05) is 15.9 Å². The minimum Gasteiger partial charge on any atom is -0.369 e. The molecule has 1 aromatic heterocycles. The number of benzene rings is 1. The highest BCUT2D eigenvalue weighted by atomic mass is 79.9. The lowest BCUT2D eigenvalue weighted by atomic mass is 10.1. The van der Waals surface area contributed by atoms with Gasteiger partial charge in [0.1, 0.15) is 0 Å². The predicted octanol–water partition coefficient (Wildman–Crippen LogP) is 2.98. The normalized spacial score (nSPS) is 11.5. The van der Waals surface area contributed by atoms with Crippen molar-refractivity contribution in [3.63, 3.8) is 0 Å². The first-order valence-electron chi connectivity index (χ1n) is 4.24. The van der Waals surface area contributed by atoms with E-state index in [0.717, 1.165) is 0 Å². The Labute approximate surface area is 92.8 Å². The Morgan fingerprint density at radius 2 is 2.20 bits per heavy atom. The molecule has 0 amide bonds. The Bertz CT molecular complexity index is 495. The van der Waals surface area contributed by atoms with Crippen LogP contribution in [0.4, 0.5) is 14.7 Å². The first kappa shape index (κ1) is 10.4. The van der Waals surface area contributed by atoms with Crippen molar-refractivity contribution in [1.29, 1.82) is 0 Å². The average molecular weight is 276 g/mol. The molecule has 2 aromatic rings. The number of alkyl halides is 3. The maximum atomic E-state index is 12.5. The van der Waals surface area contributed by atoms with Crippen molar-refractivity contribution in [3.05, 3.63) is 23.3 Å². The van der Waals surface area contributed by atoms with Crippen LogP contribution >= 0.6 is 15.9 Å². The van der Waals surface area contributed by atoms with E-state index >= 15 is 0 Å². The number of imidazole rings is 1. The van der Waals surface area contributed by atoms with Crippen LogP contribution in [-0.4, -0.2) is 9.97 Å². The Kier molecular flexibility index (Phi) is 2.60. The van der Waals surface area contributed by atoms with Crippen molar-refractivity contribution >= 4 is 32.9 Å². The van der Waals surface area contributed by atoms with E-state index in [1.54, 1.807) is 0 Å². The molecule has 0 unspecified atom stereocenters. The van der Waals surface area contributed by atoms with Crippen molar-refractivity contribution in [2.45, 2.75) is 11.8 Å². The van der Waals surface area contributed by atoms with Crippen molar-refractivity contribution < 1.29 is 8.78 Å². The maximum Gasteiger partial charge on any atom is 0.263 e. The van der Waals surface area contributed by atoms with Gasteiger partial charge in [-0.3, -0.25) is 0 Å². The second-order valence-corrected chi connectivity index (χ2v) is 3.69. The average Bonchev–Trinajstić information content (AvgIpc) is 2.56. The number of hydrogen-bond donors (Lipinski definition) is 2. The molecule has 0 saturated carbocycles. The number of nitrogens with two attached hydrogens (primary N) is 1. The molecule has 1 heterocycles. The molecule has 3 nitrogen and oxygen atoms in total. The summed E-state index contributed by atoms with van der Waals surface area (Å²) in [4.78, 5) is 6.77. The predicted molar refractivity (Wildman–Crippen MR) is 58.1 cm³/mol. The van der Waals surface area contributed by atoms with E-state index in [-0.39, 0.29) is 11.5 Å². The van der Waals surface area contributed by atoms with Crippen LogP contribution < -0.4 is 5.73 Å². The minimum absolute atomic E-state index is 0.0272. The summed E-state index contributed by atoms with van der Waals surface area (Å²) >= 11 is 3.23. The van der Waals surface area contributed by atoms with E-state index in [1.807, 2.05) is 0 Å². The number of halogens is 3. The molecule has 0 spiro atoms. The molecule has 0 bridgehead atoms. The van der Waals surface area contributed by atoms with E-state index in [1.165, 1.54) is 12.1 Å². The van der Waals surface area contributed by atoms with Crippen LogP contribution in [0.2, 0.25) is 0 Å². The second-order valence-electron chi connectivity index (χ2n) is 3.13. The molecule has 0 saturated heterocycles. The highest BCUT2D eigenvalue weighted by Crippen LogP contribution is 2.27. The van der Waals surface area contributed by atoms with Gasteiger partial charge in [0.2, 0.25) is 0 Å². The van der Waals surface area contributed by atoms with Crippen LogP contribution in [0.15, 0.2) is 12.1 Å². The molecular formula is C9H8BrF2N3. The quantitative estimate of drug-likeness (QED) is 0.828.